The van der Waals surface area contributed by atoms with E-state index in [0.717, 1.165) is 15.1 Å². The molecule has 0 fully saturated rings. The van der Waals surface area contributed by atoms with E-state index in [2.05, 4.69) is 15.4 Å². The fourth-order valence-electron chi connectivity index (χ4n) is 2.24. The number of nitrogens with zero attached hydrogens (tertiary/aromatic N) is 3. The van der Waals surface area contributed by atoms with Gasteiger partial charge < -0.3 is 5.32 Å². The SMILES string of the molecule is CSc1ccc(NC(=O)Cn2nc(-c3cccnc3)ccc2=O)cc1. The van der Waals surface area contributed by atoms with Crippen molar-refractivity contribution in [3.8, 4) is 11.3 Å². The highest BCUT2D eigenvalue weighted by atomic mass is 32.2. The number of benzene rings is 1. The number of rotatable bonds is 5. The van der Waals surface area contributed by atoms with Crippen LogP contribution in [-0.4, -0.2) is 26.9 Å². The van der Waals surface area contributed by atoms with Crippen molar-refractivity contribution in [1.82, 2.24) is 14.8 Å². The predicted octanol–water partition coefficient (Wildman–Crippen LogP) is 2.67. The number of pyridine rings is 1. The van der Waals surface area contributed by atoms with Crippen molar-refractivity contribution in [3.63, 3.8) is 0 Å². The van der Waals surface area contributed by atoms with E-state index in [0.29, 0.717) is 11.4 Å². The Hall–Kier alpha value is -2.93. The van der Waals surface area contributed by atoms with Gasteiger partial charge in [0.25, 0.3) is 5.56 Å². The molecule has 126 valence electrons. The molecule has 7 heteroatoms. The number of hydrogen-bond acceptors (Lipinski definition) is 5. The molecule has 0 spiro atoms. The van der Waals surface area contributed by atoms with Crippen LogP contribution in [0.1, 0.15) is 0 Å². The Kier molecular flexibility index (Phi) is 5.25. The van der Waals surface area contributed by atoms with Crippen LogP contribution in [0.3, 0.4) is 0 Å². The zero-order valence-corrected chi connectivity index (χ0v) is 14.4. The standard InChI is InChI=1S/C18H16N4O2S/c1-25-15-6-4-14(5-7-15)20-17(23)12-22-18(24)9-8-16(21-22)13-3-2-10-19-11-13/h2-11H,12H2,1H3,(H,20,23). The van der Waals surface area contributed by atoms with Crippen molar-refractivity contribution in [2.75, 3.05) is 11.6 Å². The van der Waals surface area contributed by atoms with E-state index in [4.69, 9.17) is 0 Å². The summed E-state index contributed by atoms with van der Waals surface area (Å²) in [7, 11) is 0. The fraction of sp³-hybridized carbons (Fsp3) is 0.111. The molecule has 2 aromatic heterocycles. The lowest BCUT2D eigenvalue weighted by atomic mass is 10.2. The van der Waals surface area contributed by atoms with E-state index in [1.54, 1.807) is 36.3 Å². The number of nitrogens with one attached hydrogen (secondary N) is 1. The Balaban J connectivity index is 1.75. The first-order valence-corrected chi connectivity index (χ1v) is 8.80. The summed E-state index contributed by atoms with van der Waals surface area (Å²) in [6.45, 7) is -0.156. The number of aromatic nitrogens is 3. The minimum absolute atomic E-state index is 0.156. The molecule has 0 aliphatic rings. The summed E-state index contributed by atoms with van der Waals surface area (Å²) in [5.41, 5.74) is 1.72. The van der Waals surface area contributed by atoms with Crippen molar-refractivity contribution < 1.29 is 4.79 Å². The number of hydrogen-bond donors (Lipinski definition) is 1. The lowest BCUT2D eigenvalue weighted by Gasteiger charge is -2.08. The first-order chi connectivity index (χ1) is 12.2. The zero-order chi connectivity index (χ0) is 17.6. The smallest absolute Gasteiger partial charge is 0.267 e. The Morgan fingerprint density at radius 1 is 1.16 bits per heavy atom. The highest BCUT2D eigenvalue weighted by molar-refractivity contribution is 7.98. The number of amides is 1. The summed E-state index contributed by atoms with van der Waals surface area (Å²) in [4.78, 5) is 29.3. The molecule has 2 heterocycles. The number of anilines is 1. The first-order valence-electron chi connectivity index (χ1n) is 7.58. The van der Waals surface area contributed by atoms with Crippen LogP contribution in [0.4, 0.5) is 5.69 Å². The summed E-state index contributed by atoms with van der Waals surface area (Å²) in [6, 6.07) is 14.2. The molecule has 6 nitrogen and oxygen atoms in total. The van der Waals surface area contributed by atoms with Gasteiger partial charge in [-0.15, -0.1) is 11.8 Å². The molecular formula is C18H16N4O2S. The van der Waals surface area contributed by atoms with Crippen LogP contribution in [0, 0.1) is 0 Å². The minimum Gasteiger partial charge on any atom is -0.324 e. The summed E-state index contributed by atoms with van der Waals surface area (Å²) < 4.78 is 1.15. The second-order valence-electron chi connectivity index (χ2n) is 5.23. The Morgan fingerprint density at radius 2 is 1.96 bits per heavy atom. The van der Waals surface area contributed by atoms with Gasteiger partial charge in [0, 0.05) is 34.6 Å². The maximum Gasteiger partial charge on any atom is 0.267 e. The van der Waals surface area contributed by atoms with E-state index < -0.39 is 0 Å². The van der Waals surface area contributed by atoms with Gasteiger partial charge in [-0.05, 0) is 48.7 Å². The molecule has 1 amide bonds. The third-order valence-electron chi connectivity index (χ3n) is 3.49. The van der Waals surface area contributed by atoms with E-state index in [1.165, 1.54) is 6.07 Å². The van der Waals surface area contributed by atoms with E-state index in [1.807, 2.05) is 36.6 Å². The molecule has 0 saturated heterocycles. The normalized spacial score (nSPS) is 10.4. The maximum atomic E-state index is 12.2. The summed E-state index contributed by atoms with van der Waals surface area (Å²) in [5.74, 6) is -0.310. The van der Waals surface area contributed by atoms with Gasteiger partial charge >= 0.3 is 0 Å². The summed E-state index contributed by atoms with van der Waals surface area (Å²) in [5, 5.41) is 7.02. The Labute approximate surface area is 148 Å². The molecule has 0 aliphatic heterocycles. The largest absolute Gasteiger partial charge is 0.324 e. The molecule has 0 unspecified atom stereocenters. The van der Waals surface area contributed by atoms with Crippen LogP contribution in [0.25, 0.3) is 11.3 Å². The summed E-state index contributed by atoms with van der Waals surface area (Å²) >= 11 is 1.63. The van der Waals surface area contributed by atoms with Gasteiger partial charge in [-0.1, -0.05) is 0 Å². The molecule has 3 rings (SSSR count). The van der Waals surface area contributed by atoms with Gasteiger partial charge in [0.1, 0.15) is 6.54 Å². The molecule has 1 aromatic carbocycles. The Bertz CT molecular complexity index is 924. The maximum absolute atomic E-state index is 12.2. The molecule has 0 atom stereocenters. The molecule has 0 aliphatic carbocycles. The van der Waals surface area contributed by atoms with Crippen LogP contribution in [0.15, 0.2) is 70.6 Å². The lowest BCUT2D eigenvalue weighted by Crippen LogP contribution is -2.29. The molecule has 1 N–H and O–H groups in total. The Morgan fingerprint density at radius 3 is 2.64 bits per heavy atom. The van der Waals surface area contributed by atoms with E-state index >= 15 is 0 Å². The first kappa shape index (κ1) is 16.9. The van der Waals surface area contributed by atoms with Crippen molar-refractivity contribution in [2.45, 2.75) is 11.4 Å². The van der Waals surface area contributed by atoms with Crippen LogP contribution < -0.4 is 10.9 Å². The number of carbonyl (C=O) groups is 1. The monoisotopic (exact) mass is 352 g/mol. The van der Waals surface area contributed by atoms with Crippen molar-refractivity contribution in [1.29, 1.82) is 0 Å². The van der Waals surface area contributed by atoms with Crippen molar-refractivity contribution in [2.24, 2.45) is 0 Å². The molecule has 25 heavy (non-hydrogen) atoms. The average Bonchev–Trinajstić information content (AvgIpc) is 2.65. The minimum atomic E-state index is -0.333. The molecule has 0 saturated carbocycles. The zero-order valence-electron chi connectivity index (χ0n) is 13.5. The topological polar surface area (TPSA) is 76.9 Å². The summed E-state index contributed by atoms with van der Waals surface area (Å²) in [6.07, 6.45) is 5.31. The predicted molar refractivity (Wildman–Crippen MR) is 98.6 cm³/mol. The molecule has 0 bridgehead atoms. The van der Waals surface area contributed by atoms with Crippen LogP contribution in [0.2, 0.25) is 0 Å². The molecule has 3 aromatic rings. The van der Waals surface area contributed by atoms with Gasteiger partial charge in [-0.3, -0.25) is 14.6 Å². The third-order valence-corrected chi connectivity index (χ3v) is 4.23. The fourth-order valence-corrected chi connectivity index (χ4v) is 2.65. The van der Waals surface area contributed by atoms with Crippen LogP contribution in [-0.2, 0) is 11.3 Å². The van der Waals surface area contributed by atoms with Crippen LogP contribution >= 0.6 is 11.8 Å². The highest BCUT2D eigenvalue weighted by Crippen LogP contribution is 2.17. The van der Waals surface area contributed by atoms with E-state index in [-0.39, 0.29) is 18.0 Å². The second-order valence-corrected chi connectivity index (χ2v) is 6.11. The van der Waals surface area contributed by atoms with Crippen molar-refractivity contribution in [3.05, 3.63) is 71.3 Å². The second kappa shape index (κ2) is 7.76. The number of thioether (sulfide) groups is 1. The van der Waals surface area contributed by atoms with Gasteiger partial charge in [-0.2, -0.15) is 5.10 Å². The van der Waals surface area contributed by atoms with Gasteiger partial charge in [-0.25, -0.2) is 4.68 Å². The third kappa shape index (κ3) is 4.33. The molecular weight excluding hydrogens is 336 g/mol. The lowest BCUT2D eigenvalue weighted by molar-refractivity contribution is -0.117. The van der Waals surface area contributed by atoms with Crippen molar-refractivity contribution >= 4 is 23.4 Å². The van der Waals surface area contributed by atoms with Gasteiger partial charge in [0.05, 0.1) is 5.69 Å². The highest BCUT2D eigenvalue weighted by Gasteiger charge is 2.08. The molecule has 0 radical (unpaired) electrons. The van der Waals surface area contributed by atoms with Gasteiger partial charge in [0.2, 0.25) is 5.91 Å². The van der Waals surface area contributed by atoms with E-state index in [9.17, 15) is 9.59 Å². The quantitative estimate of drug-likeness (QED) is 0.715. The van der Waals surface area contributed by atoms with Crippen LogP contribution in [0.5, 0.6) is 0 Å². The number of carbonyl (C=O) groups excluding carboxylic acids is 1. The average molecular weight is 352 g/mol. The van der Waals surface area contributed by atoms with Gasteiger partial charge in [0.15, 0.2) is 0 Å².